The second-order valence-electron chi connectivity index (χ2n) is 7.41. The van der Waals surface area contributed by atoms with Gasteiger partial charge in [0.15, 0.2) is 0 Å². The van der Waals surface area contributed by atoms with Crippen molar-refractivity contribution in [1.82, 2.24) is 10.1 Å². The van der Waals surface area contributed by atoms with Gasteiger partial charge in [-0.25, -0.2) is 0 Å². The zero-order chi connectivity index (χ0) is 19.4. The Morgan fingerprint density at radius 1 is 1.18 bits per heavy atom. The van der Waals surface area contributed by atoms with Crippen molar-refractivity contribution >= 4 is 33.2 Å². The second kappa shape index (κ2) is 6.44. The Bertz CT molecular complexity index is 1100. The number of hydrogen-bond acceptors (Lipinski definition) is 5. The van der Waals surface area contributed by atoms with Crippen LogP contribution < -0.4 is 10.6 Å². The maximum Gasteiger partial charge on any atom is 0.243 e. The van der Waals surface area contributed by atoms with Gasteiger partial charge in [-0.2, -0.15) is 0 Å². The fraction of sp³-hybridized carbons (Fsp3) is 0.286. The summed E-state index contributed by atoms with van der Waals surface area (Å²) >= 11 is 3.57. The number of halogens is 1. The van der Waals surface area contributed by atoms with E-state index in [2.05, 4.69) is 43.9 Å². The van der Waals surface area contributed by atoms with Crippen molar-refractivity contribution in [3.63, 3.8) is 0 Å². The molecular formula is C21H19BrN4O2. The van der Waals surface area contributed by atoms with Crippen molar-refractivity contribution in [3.05, 3.63) is 46.0 Å². The van der Waals surface area contributed by atoms with Crippen LogP contribution in [0.15, 0.2) is 33.4 Å². The number of carbonyl (C=O) groups excluding carboxylic acids is 1. The zero-order valence-electron chi connectivity index (χ0n) is 15.6. The van der Waals surface area contributed by atoms with Crippen LogP contribution in [0.1, 0.15) is 35.9 Å². The summed E-state index contributed by atoms with van der Waals surface area (Å²) in [6.45, 7) is 4.09. The van der Waals surface area contributed by atoms with Crippen LogP contribution in [0, 0.1) is 13.8 Å². The number of anilines is 2. The van der Waals surface area contributed by atoms with Gasteiger partial charge in [0.05, 0.1) is 29.3 Å². The molecule has 1 saturated carbocycles. The molecule has 0 radical (unpaired) electrons. The fourth-order valence-corrected chi connectivity index (χ4v) is 4.23. The Labute approximate surface area is 170 Å². The van der Waals surface area contributed by atoms with Crippen molar-refractivity contribution in [3.8, 4) is 22.3 Å². The summed E-state index contributed by atoms with van der Waals surface area (Å²) < 4.78 is 6.31. The summed E-state index contributed by atoms with van der Waals surface area (Å²) in [5.74, 6) is 1.21. The van der Waals surface area contributed by atoms with Crippen molar-refractivity contribution in [1.29, 1.82) is 0 Å². The number of aryl methyl sites for hydroxylation is 2. The van der Waals surface area contributed by atoms with Gasteiger partial charge in [0, 0.05) is 33.3 Å². The van der Waals surface area contributed by atoms with Crippen molar-refractivity contribution in [2.75, 3.05) is 17.2 Å². The van der Waals surface area contributed by atoms with E-state index in [0.29, 0.717) is 5.92 Å². The quantitative estimate of drug-likeness (QED) is 0.599. The predicted octanol–water partition coefficient (Wildman–Crippen LogP) is 5.02. The van der Waals surface area contributed by atoms with Crippen molar-refractivity contribution in [2.24, 2.45) is 0 Å². The van der Waals surface area contributed by atoms with E-state index < -0.39 is 0 Å². The number of fused-ring (bicyclic) bond motifs is 1. The predicted molar refractivity (Wildman–Crippen MR) is 111 cm³/mol. The van der Waals surface area contributed by atoms with E-state index in [1.165, 1.54) is 0 Å². The lowest BCUT2D eigenvalue weighted by atomic mass is 9.93. The number of amides is 1. The van der Waals surface area contributed by atoms with Gasteiger partial charge in [-0.15, -0.1) is 0 Å². The SMILES string of the molecule is Cc1noc(C)c1-c1cc2c(c(-c3cc(Br)cnc3C3CC3)c1)NCC(=O)N2. The standard InChI is InChI=1S/C21H19BrN4O2/c1-10-19(11(2)28-26-10)13-5-15(21-17(6-13)25-18(27)9-24-21)16-7-14(22)8-23-20(16)12-3-4-12/h5-8,12,24H,3-4,9H2,1-2H3,(H,25,27). The summed E-state index contributed by atoms with van der Waals surface area (Å²) in [6.07, 6.45) is 4.19. The Hall–Kier alpha value is -2.67. The van der Waals surface area contributed by atoms with Crippen LogP contribution in [0.4, 0.5) is 11.4 Å². The molecule has 0 bridgehead atoms. The van der Waals surface area contributed by atoms with E-state index >= 15 is 0 Å². The highest BCUT2D eigenvalue weighted by molar-refractivity contribution is 9.10. The zero-order valence-corrected chi connectivity index (χ0v) is 17.2. The van der Waals surface area contributed by atoms with E-state index in [0.717, 1.165) is 68.1 Å². The first kappa shape index (κ1) is 17.4. The number of nitrogens with one attached hydrogen (secondary N) is 2. The number of pyridine rings is 1. The minimum absolute atomic E-state index is 0.0517. The van der Waals surface area contributed by atoms with Gasteiger partial charge in [-0.3, -0.25) is 9.78 Å². The van der Waals surface area contributed by atoms with Crippen LogP contribution in [0.2, 0.25) is 0 Å². The Balaban J connectivity index is 1.78. The van der Waals surface area contributed by atoms with E-state index in [-0.39, 0.29) is 12.5 Å². The van der Waals surface area contributed by atoms with Crippen LogP contribution in [-0.4, -0.2) is 22.6 Å². The first-order chi connectivity index (χ1) is 13.5. The molecule has 0 spiro atoms. The molecule has 1 aliphatic carbocycles. The summed E-state index contributed by atoms with van der Waals surface area (Å²) in [5, 5.41) is 10.4. The average molecular weight is 439 g/mol. The minimum atomic E-state index is -0.0517. The molecule has 2 N–H and O–H groups in total. The smallest absolute Gasteiger partial charge is 0.243 e. The largest absolute Gasteiger partial charge is 0.374 e. The molecule has 2 aromatic heterocycles. The summed E-state index contributed by atoms with van der Waals surface area (Å²) in [6, 6.07) is 6.24. The molecule has 28 heavy (non-hydrogen) atoms. The summed E-state index contributed by atoms with van der Waals surface area (Å²) in [7, 11) is 0. The fourth-order valence-electron chi connectivity index (χ4n) is 3.89. The molecule has 3 aromatic rings. The number of aromatic nitrogens is 2. The third-order valence-corrected chi connectivity index (χ3v) is 5.73. The lowest BCUT2D eigenvalue weighted by molar-refractivity contribution is -0.114. The molecule has 6 nitrogen and oxygen atoms in total. The molecule has 1 fully saturated rings. The number of carbonyl (C=O) groups is 1. The molecule has 2 aliphatic rings. The summed E-state index contributed by atoms with van der Waals surface area (Å²) in [4.78, 5) is 16.7. The van der Waals surface area contributed by atoms with E-state index in [1.807, 2.05) is 26.1 Å². The number of hydrogen-bond donors (Lipinski definition) is 2. The third kappa shape index (κ3) is 2.90. The van der Waals surface area contributed by atoms with Gasteiger partial charge in [0.25, 0.3) is 0 Å². The van der Waals surface area contributed by atoms with Gasteiger partial charge >= 0.3 is 0 Å². The molecule has 7 heteroatoms. The molecular weight excluding hydrogens is 420 g/mol. The first-order valence-corrected chi connectivity index (χ1v) is 10.1. The van der Waals surface area contributed by atoms with E-state index in [4.69, 9.17) is 9.51 Å². The molecule has 5 rings (SSSR count). The van der Waals surface area contributed by atoms with Crippen molar-refractivity contribution in [2.45, 2.75) is 32.6 Å². The maximum absolute atomic E-state index is 12.0. The Kier molecular flexibility index (Phi) is 4.01. The van der Waals surface area contributed by atoms with E-state index in [9.17, 15) is 4.79 Å². The first-order valence-electron chi connectivity index (χ1n) is 9.32. The molecule has 0 unspecified atom stereocenters. The minimum Gasteiger partial charge on any atom is -0.374 e. The normalized spacial score (nSPS) is 15.8. The molecule has 0 saturated heterocycles. The maximum atomic E-state index is 12.0. The van der Waals surface area contributed by atoms with Crippen LogP contribution in [-0.2, 0) is 4.79 Å². The number of benzene rings is 1. The molecule has 1 aromatic carbocycles. The van der Waals surface area contributed by atoms with Gasteiger partial charge in [-0.1, -0.05) is 5.16 Å². The number of nitrogens with zero attached hydrogens (tertiary/aromatic N) is 2. The van der Waals surface area contributed by atoms with E-state index in [1.54, 1.807) is 0 Å². The molecule has 1 aliphatic heterocycles. The monoisotopic (exact) mass is 438 g/mol. The topological polar surface area (TPSA) is 80.1 Å². The highest BCUT2D eigenvalue weighted by atomic mass is 79.9. The molecule has 1 amide bonds. The van der Waals surface area contributed by atoms with Gasteiger partial charge < -0.3 is 15.2 Å². The number of rotatable bonds is 3. The highest BCUT2D eigenvalue weighted by Crippen LogP contribution is 2.48. The van der Waals surface area contributed by atoms with Crippen LogP contribution in [0.5, 0.6) is 0 Å². The highest BCUT2D eigenvalue weighted by Gasteiger charge is 2.30. The molecule has 142 valence electrons. The van der Waals surface area contributed by atoms with Gasteiger partial charge in [0.1, 0.15) is 5.76 Å². The summed E-state index contributed by atoms with van der Waals surface area (Å²) in [5.41, 5.74) is 7.68. The van der Waals surface area contributed by atoms with Crippen LogP contribution in [0.25, 0.3) is 22.3 Å². The molecule has 0 atom stereocenters. The van der Waals surface area contributed by atoms with Gasteiger partial charge in [0.2, 0.25) is 5.91 Å². The molecule has 3 heterocycles. The Morgan fingerprint density at radius 3 is 2.71 bits per heavy atom. The second-order valence-corrected chi connectivity index (χ2v) is 8.32. The van der Waals surface area contributed by atoms with Crippen LogP contribution >= 0.6 is 15.9 Å². The lowest BCUT2D eigenvalue weighted by Gasteiger charge is -2.24. The Morgan fingerprint density at radius 2 is 2.00 bits per heavy atom. The van der Waals surface area contributed by atoms with Crippen molar-refractivity contribution < 1.29 is 9.32 Å². The van der Waals surface area contributed by atoms with Gasteiger partial charge in [-0.05, 0) is 66.4 Å². The van der Waals surface area contributed by atoms with Crippen LogP contribution in [0.3, 0.4) is 0 Å². The average Bonchev–Trinajstić information content (AvgIpc) is 3.45. The lowest BCUT2D eigenvalue weighted by Crippen LogP contribution is -2.27. The third-order valence-electron chi connectivity index (χ3n) is 5.30.